The molecule has 0 aliphatic heterocycles. The average Bonchev–Trinajstić information content (AvgIpc) is 2.98. The SMILES string of the molecule is Brc1ccc(-c2nnn(CC=Cc3ccccc3)n2)cc1. The first-order chi connectivity index (χ1) is 10.3. The number of halogens is 1. The number of allylic oxidation sites excluding steroid dienone is 1. The van der Waals surface area contributed by atoms with E-state index < -0.39 is 0 Å². The molecule has 104 valence electrons. The molecule has 0 atom stereocenters. The first-order valence-corrected chi connectivity index (χ1v) is 7.36. The highest BCUT2D eigenvalue weighted by molar-refractivity contribution is 9.10. The number of hydrogen-bond donors (Lipinski definition) is 0. The molecule has 0 fully saturated rings. The lowest BCUT2D eigenvalue weighted by Gasteiger charge is -1.94. The van der Waals surface area contributed by atoms with Crippen LogP contribution in [-0.4, -0.2) is 20.2 Å². The van der Waals surface area contributed by atoms with Gasteiger partial charge in [-0.1, -0.05) is 58.4 Å². The van der Waals surface area contributed by atoms with Crippen LogP contribution < -0.4 is 0 Å². The van der Waals surface area contributed by atoms with Gasteiger partial charge in [-0.25, -0.2) is 0 Å². The second-order valence-corrected chi connectivity index (χ2v) is 5.40. The van der Waals surface area contributed by atoms with Gasteiger partial charge in [-0.05, 0) is 35.0 Å². The predicted octanol–water partition coefficient (Wildman–Crippen LogP) is 3.82. The fourth-order valence-corrected chi connectivity index (χ4v) is 2.15. The van der Waals surface area contributed by atoms with Crippen LogP contribution in [0.3, 0.4) is 0 Å². The maximum absolute atomic E-state index is 4.37. The summed E-state index contributed by atoms with van der Waals surface area (Å²) < 4.78 is 1.03. The minimum atomic E-state index is 0.596. The Morgan fingerprint density at radius 3 is 2.52 bits per heavy atom. The summed E-state index contributed by atoms with van der Waals surface area (Å²) in [6, 6.07) is 18.0. The average molecular weight is 341 g/mol. The quantitative estimate of drug-likeness (QED) is 0.725. The first kappa shape index (κ1) is 13.7. The number of hydrogen-bond acceptors (Lipinski definition) is 3. The van der Waals surface area contributed by atoms with Gasteiger partial charge in [-0.3, -0.25) is 0 Å². The molecular weight excluding hydrogens is 328 g/mol. The van der Waals surface area contributed by atoms with Crippen molar-refractivity contribution in [3.63, 3.8) is 0 Å². The fraction of sp³-hybridized carbons (Fsp3) is 0.0625. The standard InChI is InChI=1S/C16H13BrN4/c17-15-10-8-14(9-11-15)16-18-20-21(19-16)12-4-7-13-5-2-1-3-6-13/h1-11H,12H2. The fourth-order valence-electron chi connectivity index (χ4n) is 1.88. The molecule has 21 heavy (non-hydrogen) atoms. The van der Waals surface area contributed by atoms with Crippen molar-refractivity contribution < 1.29 is 0 Å². The molecule has 0 saturated carbocycles. The normalized spacial score (nSPS) is 11.1. The highest BCUT2D eigenvalue weighted by Gasteiger charge is 2.04. The molecule has 0 saturated heterocycles. The van der Waals surface area contributed by atoms with Crippen LogP contribution in [0.25, 0.3) is 17.5 Å². The van der Waals surface area contributed by atoms with E-state index in [4.69, 9.17) is 0 Å². The van der Waals surface area contributed by atoms with Gasteiger partial charge < -0.3 is 0 Å². The van der Waals surface area contributed by atoms with E-state index in [2.05, 4.69) is 43.5 Å². The number of aromatic nitrogens is 4. The van der Waals surface area contributed by atoms with Crippen molar-refractivity contribution in [1.82, 2.24) is 20.2 Å². The monoisotopic (exact) mass is 340 g/mol. The highest BCUT2D eigenvalue weighted by atomic mass is 79.9. The Balaban J connectivity index is 1.68. The van der Waals surface area contributed by atoms with Gasteiger partial charge in [0.25, 0.3) is 0 Å². The molecule has 3 rings (SSSR count). The molecular formula is C16H13BrN4. The van der Waals surface area contributed by atoms with Gasteiger partial charge in [0.05, 0.1) is 6.54 Å². The van der Waals surface area contributed by atoms with Gasteiger partial charge in [0, 0.05) is 10.0 Å². The molecule has 0 amide bonds. The third-order valence-corrected chi connectivity index (χ3v) is 3.46. The molecule has 1 aromatic heterocycles. The topological polar surface area (TPSA) is 43.6 Å². The molecule has 0 aliphatic carbocycles. The van der Waals surface area contributed by atoms with Gasteiger partial charge in [0.2, 0.25) is 5.82 Å². The van der Waals surface area contributed by atoms with Crippen LogP contribution >= 0.6 is 15.9 Å². The molecule has 1 heterocycles. The maximum atomic E-state index is 4.37. The Morgan fingerprint density at radius 1 is 1.00 bits per heavy atom. The second kappa shape index (κ2) is 6.45. The summed E-state index contributed by atoms with van der Waals surface area (Å²) in [7, 11) is 0. The van der Waals surface area contributed by atoms with Crippen molar-refractivity contribution in [3.05, 3.63) is 70.7 Å². The van der Waals surface area contributed by atoms with E-state index >= 15 is 0 Å². The van der Waals surface area contributed by atoms with E-state index in [1.807, 2.05) is 54.6 Å². The zero-order chi connectivity index (χ0) is 14.5. The summed E-state index contributed by atoms with van der Waals surface area (Å²) in [6.45, 7) is 0.596. The third-order valence-electron chi connectivity index (χ3n) is 2.93. The molecule has 2 aromatic carbocycles. The molecule has 0 bridgehead atoms. The highest BCUT2D eigenvalue weighted by Crippen LogP contribution is 2.17. The molecule has 0 aliphatic rings. The lowest BCUT2D eigenvalue weighted by atomic mass is 10.2. The maximum Gasteiger partial charge on any atom is 0.204 e. The largest absolute Gasteiger partial charge is 0.204 e. The number of benzene rings is 2. The van der Waals surface area contributed by atoms with Gasteiger partial charge in [-0.2, -0.15) is 4.80 Å². The third kappa shape index (κ3) is 3.64. The summed E-state index contributed by atoms with van der Waals surface area (Å²) in [5.74, 6) is 0.635. The second-order valence-electron chi connectivity index (χ2n) is 4.49. The Morgan fingerprint density at radius 2 is 1.76 bits per heavy atom. The lowest BCUT2D eigenvalue weighted by Crippen LogP contribution is -1.99. The zero-order valence-electron chi connectivity index (χ0n) is 11.2. The van der Waals surface area contributed by atoms with E-state index in [0.29, 0.717) is 12.4 Å². The number of nitrogens with zero attached hydrogens (tertiary/aromatic N) is 4. The Hall–Kier alpha value is -2.27. The summed E-state index contributed by atoms with van der Waals surface area (Å²) in [5.41, 5.74) is 2.11. The minimum Gasteiger partial charge on any atom is -0.160 e. The lowest BCUT2D eigenvalue weighted by molar-refractivity contribution is 0.583. The zero-order valence-corrected chi connectivity index (χ0v) is 12.8. The van der Waals surface area contributed by atoms with E-state index in [9.17, 15) is 0 Å². The van der Waals surface area contributed by atoms with Crippen LogP contribution in [-0.2, 0) is 6.54 Å². The van der Waals surface area contributed by atoms with Gasteiger partial charge >= 0.3 is 0 Å². The smallest absolute Gasteiger partial charge is 0.160 e. The number of rotatable bonds is 4. The van der Waals surface area contributed by atoms with Crippen molar-refractivity contribution in [3.8, 4) is 11.4 Å². The van der Waals surface area contributed by atoms with Gasteiger partial charge in [0.1, 0.15) is 0 Å². The van der Waals surface area contributed by atoms with Crippen molar-refractivity contribution in [2.45, 2.75) is 6.54 Å². The van der Waals surface area contributed by atoms with E-state index in [1.54, 1.807) is 4.80 Å². The Labute approximate surface area is 131 Å². The summed E-state index contributed by atoms with van der Waals surface area (Å²) in [5, 5.41) is 12.5. The van der Waals surface area contributed by atoms with Crippen molar-refractivity contribution >= 4 is 22.0 Å². The number of tetrazole rings is 1. The van der Waals surface area contributed by atoms with Crippen LogP contribution in [0.5, 0.6) is 0 Å². The molecule has 0 spiro atoms. The van der Waals surface area contributed by atoms with Crippen LogP contribution in [0.1, 0.15) is 5.56 Å². The van der Waals surface area contributed by atoms with E-state index in [1.165, 1.54) is 0 Å². The van der Waals surface area contributed by atoms with Crippen LogP contribution in [0.4, 0.5) is 0 Å². The van der Waals surface area contributed by atoms with E-state index in [0.717, 1.165) is 15.6 Å². The molecule has 0 radical (unpaired) electrons. The Kier molecular flexibility index (Phi) is 4.21. The predicted molar refractivity (Wildman–Crippen MR) is 86.4 cm³/mol. The van der Waals surface area contributed by atoms with Crippen LogP contribution in [0.2, 0.25) is 0 Å². The summed E-state index contributed by atoms with van der Waals surface area (Å²) >= 11 is 3.41. The van der Waals surface area contributed by atoms with Crippen LogP contribution in [0, 0.1) is 0 Å². The Bertz CT molecular complexity index is 732. The first-order valence-electron chi connectivity index (χ1n) is 6.56. The molecule has 0 N–H and O–H groups in total. The van der Waals surface area contributed by atoms with Crippen molar-refractivity contribution in [1.29, 1.82) is 0 Å². The molecule has 3 aromatic rings. The summed E-state index contributed by atoms with van der Waals surface area (Å²) in [6.07, 6.45) is 4.06. The van der Waals surface area contributed by atoms with Crippen molar-refractivity contribution in [2.24, 2.45) is 0 Å². The van der Waals surface area contributed by atoms with E-state index in [-0.39, 0.29) is 0 Å². The van der Waals surface area contributed by atoms with Gasteiger partial charge in [-0.15, -0.1) is 10.2 Å². The molecule has 5 heteroatoms. The van der Waals surface area contributed by atoms with Gasteiger partial charge in [0.15, 0.2) is 0 Å². The molecule has 0 unspecified atom stereocenters. The minimum absolute atomic E-state index is 0.596. The molecule has 4 nitrogen and oxygen atoms in total. The summed E-state index contributed by atoms with van der Waals surface area (Å²) in [4.78, 5) is 1.58. The van der Waals surface area contributed by atoms with Crippen molar-refractivity contribution in [2.75, 3.05) is 0 Å². The van der Waals surface area contributed by atoms with Crippen LogP contribution in [0.15, 0.2) is 65.1 Å².